The minimum absolute atomic E-state index is 0.0102. The Kier molecular flexibility index (Phi) is 7.81. The fourth-order valence-electron chi connectivity index (χ4n) is 3.87. The maximum Gasteiger partial charge on any atom is 0.243 e. The van der Waals surface area contributed by atoms with Crippen LogP contribution in [0.4, 0.5) is 0 Å². The van der Waals surface area contributed by atoms with Crippen molar-refractivity contribution in [1.82, 2.24) is 19.2 Å². The van der Waals surface area contributed by atoms with Crippen molar-refractivity contribution in [2.45, 2.75) is 75.5 Å². The van der Waals surface area contributed by atoms with E-state index in [4.69, 9.17) is 0 Å². The van der Waals surface area contributed by atoms with Gasteiger partial charge in [0.25, 0.3) is 0 Å². The Bertz CT molecular complexity index is 982. The van der Waals surface area contributed by atoms with Crippen LogP contribution in [-0.4, -0.2) is 53.1 Å². The molecule has 1 fully saturated rings. The van der Waals surface area contributed by atoms with Gasteiger partial charge in [-0.05, 0) is 51.3 Å². The van der Waals surface area contributed by atoms with Crippen molar-refractivity contribution < 1.29 is 13.2 Å². The summed E-state index contributed by atoms with van der Waals surface area (Å²) >= 11 is 1.39. The third-order valence-electron chi connectivity index (χ3n) is 5.42. The molecule has 0 radical (unpaired) electrons. The number of nitrogens with zero attached hydrogens (tertiary/aromatic N) is 3. The fourth-order valence-corrected chi connectivity index (χ4v) is 6.30. The fraction of sp³-hybridized carbons (Fsp3) is 0.619. The number of carbonyl (C=O) groups excluding carboxylic acids is 1. The molecule has 1 amide bonds. The highest BCUT2D eigenvalue weighted by Crippen LogP contribution is 2.28. The molecule has 3 rings (SSSR count). The number of thioether (sulfide) groups is 1. The molecule has 0 bridgehead atoms. The summed E-state index contributed by atoms with van der Waals surface area (Å²) in [5.41, 5.74) is 1.54. The number of aromatic nitrogens is 2. The average Bonchev–Trinajstić information content (AvgIpc) is 3.09. The van der Waals surface area contributed by atoms with Gasteiger partial charge in [0.1, 0.15) is 0 Å². The summed E-state index contributed by atoms with van der Waals surface area (Å²) in [4.78, 5) is 17.2. The predicted molar refractivity (Wildman–Crippen MR) is 121 cm³/mol. The third-order valence-corrected chi connectivity index (χ3v) is 8.29. The van der Waals surface area contributed by atoms with Crippen LogP contribution in [0.3, 0.4) is 0 Å². The van der Waals surface area contributed by atoms with Crippen LogP contribution in [0.15, 0.2) is 28.3 Å². The molecule has 1 aromatic heterocycles. The van der Waals surface area contributed by atoms with E-state index in [2.05, 4.69) is 17.2 Å². The summed E-state index contributed by atoms with van der Waals surface area (Å²) < 4.78 is 29.6. The van der Waals surface area contributed by atoms with Gasteiger partial charge in [0.05, 0.1) is 21.7 Å². The number of hydrogen-bond donors (Lipinski definition) is 1. The van der Waals surface area contributed by atoms with E-state index in [1.165, 1.54) is 11.8 Å². The van der Waals surface area contributed by atoms with Gasteiger partial charge in [-0.25, -0.2) is 13.4 Å². The molecular weight excluding hydrogens is 420 g/mol. The Hall–Kier alpha value is -1.58. The molecule has 1 saturated heterocycles. The molecule has 0 spiro atoms. The first-order chi connectivity index (χ1) is 14.4. The van der Waals surface area contributed by atoms with Gasteiger partial charge >= 0.3 is 0 Å². The second-order valence-electron chi connectivity index (χ2n) is 7.80. The number of nitrogens with one attached hydrogen (secondary N) is 1. The number of amides is 1. The maximum atomic E-state index is 13.0. The summed E-state index contributed by atoms with van der Waals surface area (Å²) in [6.45, 7) is 7.99. The van der Waals surface area contributed by atoms with Crippen LogP contribution in [0, 0.1) is 0 Å². The molecule has 1 aliphatic rings. The number of fused-ring (bicyclic) bond motifs is 1. The number of sulfonamides is 1. The van der Waals surface area contributed by atoms with Crippen LogP contribution in [-0.2, 0) is 21.4 Å². The highest BCUT2D eigenvalue weighted by molar-refractivity contribution is 7.99. The molecule has 1 N–H and O–H groups in total. The van der Waals surface area contributed by atoms with E-state index in [1.807, 2.05) is 24.5 Å². The van der Waals surface area contributed by atoms with Crippen molar-refractivity contribution >= 4 is 38.7 Å². The monoisotopic (exact) mass is 452 g/mol. The topological polar surface area (TPSA) is 84.3 Å². The van der Waals surface area contributed by atoms with Gasteiger partial charge in [-0.3, -0.25) is 4.79 Å². The summed E-state index contributed by atoms with van der Waals surface area (Å²) in [6.07, 6.45) is 4.88. The normalized spacial score (nSPS) is 16.6. The van der Waals surface area contributed by atoms with Crippen LogP contribution >= 0.6 is 11.8 Å². The lowest BCUT2D eigenvalue weighted by Crippen LogP contribution is -2.35. The number of imidazole rings is 1. The van der Waals surface area contributed by atoms with Gasteiger partial charge < -0.3 is 9.88 Å². The Morgan fingerprint density at radius 3 is 2.63 bits per heavy atom. The molecule has 0 saturated carbocycles. The zero-order valence-corrected chi connectivity index (χ0v) is 19.7. The van der Waals surface area contributed by atoms with E-state index in [9.17, 15) is 13.2 Å². The third kappa shape index (κ3) is 5.18. The summed E-state index contributed by atoms with van der Waals surface area (Å²) in [5, 5.41) is 3.74. The predicted octanol–water partition coefficient (Wildman–Crippen LogP) is 3.63. The second kappa shape index (κ2) is 10.2. The molecule has 1 aliphatic heterocycles. The number of hydrogen-bond acceptors (Lipinski definition) is 5. The molecule has 9 heteroatoms. The maximum absolute atomic E-state index is 13.0. The quantitative estimate of drug-likeness (QED) is 0.588. The van der Waals surface area contributed by atoms with E-state index >= 15 is 0 Å². The number of aryl methyl sites for hydroxylation is 1. The summed E-state index contributed by atoms with van der Waals surface area (Å²) in [7, 11) is -3.50. The summed E-state index contributed by atoms with van der Waals surface area (Å²) in [6, 6.07) is 5.33. The lowest BCUT2D eigenvalue weighted by atomic mass is 10.2. The summed E-state index contributed by atoms with van der Waals surface area (Å²) in [5.74, 6) is 0.278. The average molecular weight is 453 g/mol. The van der Waals surface area contributed by atoms with Crippen molar-refractivity contribution in [3.05, 3.63) is 18.2 Å². The van der Waals surface area contributed by atoms with Gasteiger partial charge in [0, 0.05) is 25.7 Å². The lowest BCUT2D eigenvalue weighted by molar-refractivity contribution is -0.119. The van der Waals surface area contributed by atoms with Gasteiger partial charge in [-0.1, -0.05) is 31.5 Å². The Balaban J connectivity index is 1.79. The SMILES string of the molecule is CCCC(C)NC(=O)CSc1nc2cc(S(=O)(=O)N3CCCCC3)ccc2n1CC. The Morgan fingerprint density at radius 2 is 1.97 bits per heavy atom. The Morgan fingerprint density at radius 1 is 1.23 bits per heavy atom. The molecule has 7 nitrogen and oxygen atoms in total. The van der Waals surface area contributed by atoms with E-state index in [0.717, 1.165) is 42.8 Å². The zero-order valence-electron chi connectivity index (χ0n) is 18.1. The molecule has 1 unspecified atom stereocenters. The first-order valence-corrected chi connectivity index (χ1v) is 13.2. The van der Waals surface area contributed by atoms with E-state index < -0.39 is 10.0 Å². The highest BCUT2D eigenvalue weighted by Gasteiger charge is 2.26. The van der Waals surface area contributed by atoms with E-state index in [-0.39, 0.29) is 17.7 Å². The second-order valence-corrected chi connectivity index (χ2v) is 10.7. The van der Waals surface area contributed by atoms with Crippen molar-refractivity contribution in [2.24, 2.45) is 0 Å². The molecule has 2 aromatic rings. The van der Waals surface area contributed by atoms with Gasteiger partial charge in [0.15, 0.2) is 5.16 Å². The van der Waals surface area contributed by atoms with Crippen LogP contribution in [0.1, 0.15) is 52.9 Å². The first-order valence-electron chi connectivity index (χ1n) is 10.8. The largest absolute Gasteiger partial charge is 0.353 e. The Labute approximate surface area is 183 Å². The van der Waals surface area contributed by atoms with Crippen LogP contribution in [0.2, 0.25) is 0 Å². The number of carbonyl (C=O) groups is 1. The van der Waals surface area contributed by atoms with Crippen LogP contribution < -0.4 is 5.32 Å². The van der Waals surface area contributed by atoms with Crippen molar-refractivity contribution in [1.29, 1.82) is 0 Å². The molecule has 30 heavy (non-hydrogen) atoms. The van der Waals surface area contributed by atoms with E-state index in [0.29, 0.717) is 30.0 Å². The van der Waals surface area contributed by atoms with Gasteiger partial charge in [-0.15, -0.1) is 0 Å². The number of piperidine rings is 1. The van der Waals surface area contributed by atoms with Crippen molar-refractivity contribution in [3.63, 3.8) is 0 Å². The zero-order chi connectivity index (χ0) is 21.7. The van der Waals surface area contributed by atoms with Crippen LogP contribution in [0.25, 0.3) is 11.0 Å². The number of rotatable bonds is 9. The first kappa shape index (κ1) is 23.1. The minimum atomic E-state index is -3.50. The van der Waals surface area contributed by atoms with Gasteiger partial charge in [-0.2, -0.15) is 4.31 Å². The molecular formula is C21H32N4O3S2. The molecule has 0 aliphatic carbocycles. The van der Waals surface area contributed by atoms with E-state index in [1.54, 1.807) is 16.4 Å². The number of benzene rings is 1. The minimum Gasteiger partial charge on any atom is -0.353 e. The molecule has 2 heterocycles. The highest BCUT2D eigenvalue weighted by atomic mass is 32.2. The lowest BCUT2D eigenvalue weighted by Gasteiger charge is -2.25. The van der Waals surface area contributed by atoms with Crippen LogP contribution in [0.5, 0.6) is 0 Å². The smallest absolute Gasteiger partial charge is 0.243 e. The van der Waals surface area contributed by atoms with Gasteiger partial charge in [0.2, 0.25) is 15.9 Å². The standard InChI is InChI=1S/C21H32N4O3S2/c1-4-9-16(3)22-20(26)15-29-21-23-18-14-17(10-11-19(18)25(21)5-2)30(27,28)24-12-7-6-8-13-24/h10-11,14,16H,4-9,12-13,15H2,1-3H3,(H,22,26). The molecule has 1 aromatic carbocycles. The molecule has 166 valence electrons. The van der Waals surface area contributed by atoms with Crippen molar-refractivity contribution in [3.8, 4) is 0 Å². The van der Waals surface area contributed by atoms with Crippen molar-refractivity contribution in [2.75, 3.05) is 18.8 Å². The molecule has 1 atom stereocenters.